The highest BCUT2D eigenvalue weighted by molar-refractivity contribution is 14.0. The van der Waals surface area contributed by atoms with Crippen LogP contribution in [0.3, 0.4) is 0 Å². The number of nitrogens with one attached hydrogen (secondary N) is 2. The number of nitrogens with zero attached hydrogens (tertiary/aromatic N) is 1. The monoisotopic (exact) mass is 463 g/mol. The second-order valence-electron chi connectivity index (χ2n) is 5.89. The molecular weight excluding hydrogens is 433 g/mol. The third-order valence-electron chi connectivity index (χ3n) is 3.75. The maximum absolute atomic E-state index is 10.0. The van der Waals surface area contributed by atoms with Gasteiger partial charge in [0.1, 0.15) is 0 Å². The van der Waals surface area contributed by atoms with Crippen molar-refractivity contribution in [3.05, 3.63) is 35.9 Å². The molecule has 0 radical (unpaired) electrons. The van der Waals surface area contributed by atoms with Crippen LogP contribution in [0.25, 0.3) is 0 Å². The van der Waals surface area contributed by atoms with Crippen LogP contribution in [0.4, 0.5) is 0 Å². The molecule has 0 bridgehead atoms. The fraction of sp³-hybridized carbons (Fsp3) is 0.611. The molecule has 0 spiro atoms. The number of hydrogen-bond donors (Lipinski definition) is 3. The SMILES string of the molecule is CCNC(=NCC(O)COCc1ccccc1)NCC1CCCO1.I. The van der Waals surface area contributed by atoms with Gasteiger partial charge < -0.3 is 25.2 Å². The van der Waals surface area contributed by atoms with E-state index in [2.05, 4.69) is 15.6 Å². The number of rotatable bonds is 9. The summed E-state index contributed by atoms with van der Waals surface area (Å²) in [5.41, 5.74) is 1.10. The molecule has 1 aromatic rings. The Balaban J connectivity index is 0.00000312. The van der Waals surface area contributed by atoms with E-state index in [4.69, 9.17) is 9.47 Å². The average Bonchev–Trinajstić information content (AvgIpc) is 3.12. The van der Waals surface area contributed by atoms with Crippen molar-refractivity contribution < 1.29 is 14.6 Å². The third kappa shape index (κ3) is 9.39. The van der Waals surface area contributed by atoms with Gasteiger partial charge in [0, 0.05) is 19.7 Å². The van der Waals surface area contributed by atoms with E-state index in [0.29, 0.717) is 19.1 Å². The van der Waals surface area contributed by atoms with Crippen LogP contribution < -0.4 is 10.6 Å². The number of hydrogen-bond acceptors (Lipinski definition) is 4. The molecule has 1 heterocycles. The van der Waals surface area contributed by atoms with Crippen molar-refractivity contribution in [2.45, 2.75) is 38.6 Å². The first-order chi connectivity index (χ1) is 11.8. The maximum atomic E-state index is 10.0. The molecule has 2 unspecified atom stereocenters. The first-order valence-corrected chi connectivity index (χ1v) is 8.71. The predicted octanol–water partition coefficient (Wildman–Crippen LogP) is 1.92. The maximum Gasteiger partial charge on any atom is 0.191 e. The fourth-order valence-electron chi connectivity index (χ4n) is 2.49. The minimum atomic E-state index is -0.619. The number of aliphatic imine (C=N–C) groups is 1. The second-order valence-corrected chi connectivity index (χ2v) is 5.89. The predicted molar refractivity (Wildman–Crippen MR) is 110 cm³/mol. The summed E-state index contributed by atoms with van der Waals surface area (Å²) in [6.45, 7) is 5.45. The molecule has 0 aliphatic carbocycles. The van der Waals surface area contributed by atoms with Crippen molar-refractivity contribution in [1.82, 2.24) is 10.6 Å². The third-order valence-corrected chi connectivity index (χ3v) is 3.75. The molecule has 2 atom stereocenters. The number of aliphatic hydroxyl groups is 1. The van der Waals surface area contributed by atoms with Gasteiger partial charge in [0.2, 0.25) is 0 Å². The lowest BCUT2D eigenvalue weighted by atomic mass is 10.2. The van der Waals surface area contributed by atoms with Crippen molar-refractivity contribution in [3.8, 4) is 0 Å². The smallest absolute Gasteiger partial charge is 0.191 e. The Hall–Kier alpha value is -0.900. The zero-order chi connectivity index (χ0) is 17.0. The summed E-state index contributed by atoms with van der Waals surface area (Å²) >= 11 is 0. The van der Waals surface area contributed by atoms with Crippen LogP contribution >= 0.6 is 24.0 Å². The minimum Gasteiger partial charge on any atom is -0.389 e. The number of ether oxygens (including phenoxy) is 2. The van der Waals surface area contributed by atoms with Gasteiger partial charge in [-0.2, -0.15) is 0 Å². The zero-order valence-electron chi connectivity index (χ0n) is 14.8. The summed E-state index contributed by atoms with van der Waals surface area (Å²) in [5.74, 6) is 0.704. The molecule has 7 heteroatoms. The van der Waals surface area contributed by atoms with E-state index < -0.39 is 6.10 Å². The van der Waals surface area contributed by atoms with Gasteiger partial charge in [-0.15, -0.1) is 24.0 Å². The molecule has 3 N–H and O–H groups in total. The molecule has 2 rings (SSSR count). The lowest BCUT2D eigenvalue weighted by Crippen LogP contribution is -2.41. The summed E-state index contributed by atoms with van der Waals surface area (Å²) in [7, 11) is 0. The van der Waals surface area contributed by atoms with Crippen molar-refractivity contribution in [2.75, 3.05) is 32.8 Å². The highest BCUT2D eigenvalue weighted by Gasteiger charge is 2.15. The minimum absolute atomic E-state index is 0. The van der Waals surface area contributed by atoms with Gasteiger partial charge in [0.25, 0.3) is 0 Å². The van der Waals surface area contributed by atoms with Crippen LogP contribution in [0, 0.1) is 0 Å². The molecule has 6 nitrogen and oxygen atoms in total. The number of benzene rings is 1. The van der Waals surface area contributed by atoms with Gasteiger partial charge >= 0.3 is 0 Å². The summed E-state index contributed by atoms with van der Waals surface area (Å²) < 4.78 is 11.1. The molecule has 1 fully saturated rings. The molecule has 25 heavy (non-hydrogen) atoms. The molecule has 1 aliphatic rings. The van der Waals surface area contributed by atoms with Crippen LogP contribution in [0.2, 0.25) is 0 Å². The molecule has 1 aromatic carbocycles. The highest BCUT2D eigenvalue weighted by Crippen LogP contribution is 2.10. The Bertz CT molecular complexity index is 482. The van der Waals surface area contributed by atoms with Gasteiger partial charge in [0.05, 0.1) is 32.0 Å². The largest absolute Gasteiger partial charge is 0.389 e. The number of halogens is 1. The standard InChI is InChI=1S/C18H29N3O3.HI/c1-2-19-18(21-12-17-9-6-10-24-17)20-11-16(22)14-23-13-15-7-4-3-5-8-15;/h3-5,7-8,16-17,22H,2,6,9-14H2,1H3,(H2,19,20,21);1H. The summed E-state index contributed by atoms with van der Waals surface area (Å²) in [6.07, 6.45) is 1.85. The van der Waals surface area contributed by atoms with Gasteiger partial charge in [-0.25, -0.2) is 0 Å². The lowest BCUT2D eigenvalue weighted by molar-refractivity contribution is 0.0331. The summed E-state index contributed by atoms with van der Waals surface area (Å²) in [4.78, 5) is 4.41. The molecule has 1 saturated heterocycles. The Morgan fingerprint density at radius 2 is 2.16 bits per heavy atom. The van der Waals surface area contributed by atoms with Gasteiger partial charge in [-0.05, 0) is 25.3 Å². The zero-order valence-corrected chi connectivity index (χ0v) is 17.1. The first-order valence-electron chi connectivity index (χ1n) is 8.71. The Kier molecular flexibility index (Phi) is 11.8. The number of aliphatic hydroxyl groups excluding tert-OH is 1. The van der Waals surface area contributed by atoms with Crippen molar-refractivity contribution in [2.24, 2.45) is 4.99 Å². The summed E-state index contributed by atoms with van der Waals surface area (Å²) in [6, 6.07) is 9.92. The second kappa shape index (κ2) is 13.3. The van der Waals surface area contributed by atoms with E-state index in [1.807, 2.05) is 37.3 Å². The van der Waals surface area contributed by atoms with E-state index in [1.165, 1.54) is 0 Å². The lowest BCUT2D eigenvalue weighted by Gasteiger charge is -2.15. The van der Waals surface area contributed by atoms with Gasteiger partial charge in [-0.1, -0.05) is 30.3 Å². The summed E-state index contributed by atoms with van der Waals surface area (Å²) in [5, 5.41) is 16.4. The van der Waals surface area contributed by atoms with Crippen molar-refractivity contribution in [1.29, 1.82) is 0 Å². The molecule has 142 valence electrons. The number of guanidine groups is 1. The van der Waals surface area contributed by atoms with Crippen LogP contribution in [0.1, 0.15) is 25.3 Å². The van der Waals surface area contributed by atoms with Crippen molar-refractivity contribution in [3.63, 3.8) is 0 Å². The highest BCUT2D eigenvalue weighted by atomic mass is 127. The Labute approximate surface area is 167 Å². The van der Waals surface area contributed by atoms with E-state index >= 15 is 0 Å². The van der Waals surface area contributed by atoms with Crippen LogP contribution in [0.5, 0.6) is 0 Å². The van der Waals surface area contributed by atoms with E-state index in [0.717, 1.165) is 38.1 Å². The quantitative estimate of drug-likeness (QED) is 0.297. The first kappa shape index (κ1) is 22.1. The Morgan fingerprint density at radius 3 is 2.84 bits per heavy atom. The average molecular weight is 463 g/mol. The molecule has 0 amide bonds. The fourth-order valence-corrected chi connectivity index (χ4v) is 2.49. The molecule has 0 aromatic heterocycles. The molecule has 0 saturated carbocycles. The van der Waals surface area contributed by atoms with Crippen molar-refractivity contribution >= 4 is 29.9 Å². The van der Waals surface area contributed by atoms with Crippen LogP contribution in [-0.4, -0.2) is 56.1 Å². The van der Waals surface area contributed by atoms with Gasteiger partial charge in [-0.3, -0.25) is 4.99 Å². The van der Waals surface area contributed by atoms with Gasteiger partial charge in [0.15, 0.2) is 5.96 Å². The van der Waals surface area contributed by atoms with E-state index in [1.54, 1.807) is 0 Å². The van der Waals surface area contributed by atoms with Crippen LogP contribution in [0.15, 0.2) is 35.3 Å². The van der Waals surface area contributed by atoms with Crippen LogP contribution in [-0.2, 0) is 16.1 Å². The van der Waals surface area contributed by atoms with E-state index in [-0.39, 0.29) is 36.7 Å². The topological polar surface area (TPSA) is 75.1 Å². The Morgan fingerprint density at radius 1 is 1.36 bits per heavy atom. The molecular formula is C18H30IN3O3. The normalized spacial score (nSPS) is 18.5. The van der Waals surface area contributed by atoms with E-state index in [9.17, 15) is 5.11 Å². The molecule has 1 aliphatic heterocycles.